The summed E-state index contributed by atoms with van der Waals surface area (Å²) in [5.41, 5.74) is 5.13. The van der Waals surface area contributed by atoms with E-state index in [0.717, 1.165) is 42.1 Å². The molecule has 0 fully saturated rings. The first-order chi connectivity index (χ1) is 16.0. The zero-order valence-corrected chi connectivity index (χ0v) is 19.5. The van der Waals surface area contributed by atoms with E-state index in [9.17, 15) is 9.90 Å². The third-order valence-corrected chi connectivity index (χ3v) is 5.24. The van der Waals surface area contributed by atoms with E-state index < -0.39 is 6.23 Å². The number of halogens is 1. The highest BCUT2D eigenvalue weighted by molar-refractivity contribution is 6.32. The predicted molar refractivity (Wildman–Crippen MR) is 130 cm³/mol. The Bertz CT molecular complexity index is 954. The van der Waals surface area contributed by atoms with Gasteiger partial charge >= 0.3 is 0 Å². The van der Waals surface area contributed by atoms with Crippen molar-refractivity contribution in [3.8, 4) is 11.5 Å². The number of hydrazone groups is 1. The molecule has 2 aromatic carbocycles. The lowest BCUT2D eigenvalue weighted by molar-refractivity contribution is -0.121. The van der Waals surface area contributed by atoms with Gasteiger partial charge in [0.2, 0.25) is 5.91 Å². The van der Waals surface area contributed by atoms with Crippen molar-refractivity contribution in [2.24, 2.45) is 5.10 Å². The lowest BCUT2D eigenvalue weighted by Crippen LogP contribution is -2.35. The number of ether oxygens (including phenoxy) is 2. The van der Waals surface area contributed by atoms with Gasteiger partial charge in [0.15, 0.2) is 0 Å². The summed E-state index contributed by atoms with van der Waals surface area (Å²) in [5.74, 6) is 1.20. The second-order valence-electron chi connectivity index (χ2n) is 7.68. The van der Waals surface area contributed by atoms with Gasteiger partial charge in [0.25, 0.3) is 0 Å². The van der Waals surface area contributed by atoms with E-state index in [1.807, 2.05) is 30.3 Å². The van der Waals surface area contributed by atoms with Gasteiger partial charge in [-0.25, -0.2) is 5.43 Å². The van der Waals surface area contributed by atoms with E-state index in [0.29, 0.717) is 36.8 Å². The molecule has 178 valence electrons. The van der Waals surface area contributed by atoms with Crippen LogP contribution in [0.3, 0.4) is 0 Å². The van der Waals surface area contributed by atoms with Crippen molar-refractivity contribution in [1.82, 2.24) is 10.7 Å². The van der Waals surface area contributed by atoms with E-state index in [2.05, 4.69) is 28.1 Å². The third-order valence-electron chi connectivity index (χ3n) is 4.95. The number of anilines is 1. The first-order valence-electron chi connectivity index (χ1n) is 11.2. The molecule has 0 spiro atoms. The molecule has 0 bridgehead atoms. The van der Waals surface area contributed by atoms with Gasteiger partial charge < -0.3 is 19.9 Å². The van der Waals surface area contributed by atoms with Crippen molar-refractivity contribution in [3.63, 3.8) is 0 Å². The fourth-order valence-corrected chi connectivity index (χ4v) is 3.44. The lowest BCUT2D eigenvalue weighted by Gasteiger charge is -2.16. The molecule has 4 N–H and O–H groups in total. The van der Waals surface area contributed by atoms with Crippen molar-refractivity contribution in [2.75, 3.05) is 31.6 Å². The highest BCUT2D eigenvalue weighted by Crippen LogP contribution is 2.27. The Morgan fingerprint density at radius 1 is 1.18 bits per heavy atom. The van der Waals surface area contributed by atoms with E-state index in [4.69, 9.17) is 21.1 Å². The highest BCUT2D eigenvalue weighted by atomic mass is 35.5. The number of aliphatic hydroxyl groups is 1. The van der Waals surface area contributed by atoms with E-state index in [1.54, 1.807) is 12.1 Å². The molecular formula is C24H31ClN4O4. The van der Waals surface area contributed by atoms with Crippen LogP contribution >= 0.6 is 11.6 Å². The van der Waals surface area contributed by atoms with Gasteiger partial charge in [-0.05, 0) is 48.7 Å². The summed E-state index contributed by atoms with van der Waals surface area (Å²) >= 11 is 6.31. The monoisotopic (exact) mass is 474 g/mol. The minimum absolute atomic E-state index is 0.0576. The molecule has 9 heteroatoms. The maximum Gasteiger partial charge on any atom is 0.240 e. The van der Waals surface area contributed by atoms with Gasteiger partial charge in [0.05, 0.1) is 17.3 Å². The summed E-state index contributed by atoms with van der Waals surface area (Å²) in [4.78, 5) is 11.2. The smallest absolute Gasteiger partial charge is 0.240 e. The lowest BCUT2D eigenvalue weighted by atomic mass is 10.0. The standard InChI is InChI=1S/C24H31ClN4O4/c1-2-11-26-18-5-3-6-19(15-18)32-13-4-12-27-24(31)16-33-22-9-7-17(14-20(22)25)21-8-10-23(30)29-28-21/h3,5-7,9,14-15,24,26-27,31H,2,4,8,10-13,16H2,1H3,(H,29,30). The number of hydrogen-bond donors (Lipinski definition) is 4. The topological polar surface area (TPSA) is 104 Å². The van der Waals surface area contributed by atoms with Crippen LogP contribution in [0.1, 0.15) is 38.2 Å². The zero-order chi connectivity index (χ0) is 23.5. The number of hydrogen-bond acceptors (Lipinski definition) is 7. The summed E-state index contributed by atoms with van der Waals surface area (Å²) in [5, 5.41) is 21.0. The number of rotatable bonds is 13. The van der Waals surface area contributed by atoms with Crippen molar-refractivity contribution in [2.45, 2.75) is 38.8 Å². The maximum atomic E-state index is 11.2. The van der Waals surface area contributed by atoms with E-state index >= 15 is 0 Å². The molecule has 0 aliphatic carbocycles. The summed E-state index contributed by atoms with van der Waals surface area (Å²) < 4.78 is 11.4. The number of carbonyl (C=O) groups is 1. The fourth-order valence-electron chi connectivity index (χ4n) is 3.20. The number of carbonyl (C=O) groups excluding carboxylic acids is 1. The quantitative estimate of drug-likeness (QED) is 0.261. The van der Waals surface area contributed by atoms with Crippen LogP contribution in [0.15, 0.2) is 47.6 Å². The van der Waals surface area contributed by atoms with Gasteiger partial charge in [-0.3, -0.25) is 10.1 Å². The molecule has 1 aliphatic rings. The molecule has 2 aromatic rings. The number of aliphatic hydroxyl groups excluding tert-OH is 1. The Labute approximate surface area is 199 Å². The van der Waals surface area contributed by atoms with Crippen LogP contribution in [0, 0.1) is 0 Å². The molecule has 1 unspecified atom stereocenters. The van der Waals surface area contributed by atoms with Crippen molar-refractivity contribution in [1.29, 1.82) is 0 Å². The van der Waals surface area contributed by atoms with E-state index in [-0.39, 0.29) is 12.5 Å². The minimum Gasteiger partial charge on any atom is -0.493 e. The highest BCUT2D eigenvalue weighted by Gasteiger charge is 2.15. The van der Waals surface area contributed by atoms with Crippen LogP contribution in [0.25, 0.3) is 0 Å². The largest absolute Gasteiger partial charge is 0.493 e. The van der Waals surface area contributed by atoms with Gasteiger partial charge in [0.1, 0.15) is 24.3 Å². The van der Waals surface area contributed by atoms with Crippen LogP contribution in [0.2, 0.25) is 5.02 Å². The van der Waals surface area contributed by atoms with Crippen LogP contribution in [0.5, 0.6) is 11.5 Å². The fraction of sp³-hybridized carbons (Fsp3) is 0.417. The normalized spacial score (nSPS) is 14.3. The van der Waals surface area contributed by atoms with Crippen molar-refractivity contribution >= 4 is 28.9 Å². The van der Waals surface area contributed by atoms with Gasteiger partial charge in [0, 0.05) is 37.7 Å². The average molecular weight is 475 g/mol. The van der Waals surface area contributed by atoms with Crippen molar-refractivity contribution in [3.05, 3.63) is 53.1 Å². The van der Waals surface area contributed by atoms with Gasteiger partial charge in [-0.2, -0.15) is 5.10 Å². The Hall–Kier alpha value is -2.81. The van der Waals surface area contributed by atoms with Gasteiger partial charge in [-0.15, -0.1) is 0 Å². The van der Waals surface area contributed by atoms with E-state index in [1.165, 1.54) is 0 Å². The second-order valence-corrected chi connectivity index (χ2v) is 8.08. The molecule has 0 saturated heterocycles. The van der Waals surface area contributed by atoms with Gasteiger partial charge in [-0.1, -0.05) is 24.6 Å². The number of nitrogens with zero attached hydrogens (tertiary/aromatic N) is 1. The maximum absolute atomic E-state index is 11.2. The molecule has 33 heavy (non-hydrogen) atoms. The summed E-state index contributed by atoms with van der Waals surface area (Å²) in [6, 6.07) is 13.2. The summed E-state index contributed by atoms with van der Waals surface area (Å²) in [7, 11) is 0. The molecule has 0 radical (unpaired) electrons. The first-order valence-corrected chi connectivity index (χ1v) is 11.6. The van der Waals surface area contributed by atoms with Crippen molar-refractivity contribution < 1.29 is 19.4 Å². The van der Waals surface area contributed by atoms with Crippen LogP contribution in [-0.2, 0) is 4.79 Å². The molecule has 0 aromatic heterocycles. The Morgan fingerprint density at radius 2 is 2.06 bits per heavy atom. The number of benzene rings is 2. The predicted octanol–water partition coefficient (Wildman–Crippen LogP) is 3.53. The Kier molecular flexibility index (Phi) is 9.80. The van der Waals surface area contributed by atoms with Crippen LogP contribution < -0.4 is 25.5 Å². The average Bonchev–Trinajstić information content (AvgIpc) is 2.82. The molecular weight excluding hydrogens is 444 g/mol. The molecule has 3 rings (SSSR count). The number of amides is 1. The summed E-state index contributed by atoms with van der Waals surface area (Å²) in [6.45, 7) is 4.23. The number of nitrogens with one attached hydrogen (secondary N) is 3. The zero-order valence-electron chi connectivity index (χ0n) is 18.8. The molecule has 1 heterocycles. The molecule has 1 aliphatic heterocycles. The molecule has 1 amide bonds. The molecule has 1 atom stereocenters. The SMILES string of the molecule is CCCNc1cccc(OCCCNC(O)COc2ccc(C3=NNC(=O)CC3)cc2Cl)c1. The Morgan fingerprint density at radius 3 is 2.82 bits per heavy atom. The Balaban J connectivity index is 1.34. The minimum atomic E-state index is -0.833. The van der Waals surface area contributed by atoms with Crippen LogP contribution in [-0.4, -0.2) is 49.3 Å². The first kappa shape index (κ1) is 24.8. The molecule has 8 nitrogen and oxygen atoms in total. The van der Waals surface area contributed by atoms with Crippen LogP contribution in [0.4, 0.5) is 5.69 Å². The molecule has 0 saturated carbocycles. The summed E-state index contributed by atoms with van der Waals surface area (Å²) in [6.07, 6.45) is 1.94. The third kappa shape index (κ3) is 8.24. The second kappa shape index (κ2) is 13.0.